The molecule has 0 fully saturated rings. The second-order valence-corrected chi connectivity index (χ2v) is 3.66. The molecule has 0 unspecified atom stereocenters. The summed E-state index contributed by atoms with van der Waals surface area (Å²) in [5.41, 5.74) is 1.12. The van der Waals surface area contributed by atoms with E-state index in [1.165, 1.54) is 16.8 Å². The third-order valence-corrected chi connectivity index (χ3v) is 2.40. The van der Waals surface area contributed by atoms with Crippen LogP contribution in [0.15, 0.2) is 24.3 Å². The Bertz CT molecular complexity index is 457. The number of benzene rings is 1. The number of aromatic nitrogens is 1. The SMILES string of the molecule is Cc1nc2ccccc2s1.N#CC#N. The van der Waals surface area contributed by atoms with Crippen LogP contribution in [0.1, 0.15) is 5.01 Å². The molecule has 0 spiro atoms. The van der Waals surface area contributed by atoms with Crippen LogP contribution in [0, 0.1) is 29.6 Å². The summed E-state index contributed by atoms with van der Waals surface area (Å²) in [6.07, 6.45) is 0. The van der Waals surface area contributed by atoms with E-state index in [4.69, 9.17) is 10.5 Å². The minimum atomic E-state index is 1.12. The molecule has 0 saturated carbocycles. The van der Waals surface area contributed by atoms with Gasteiger partial charge in [0.1, 0.15) is 0 Å². The van der Waals surface area contributed by atoms with Gasteiger partial charge in [-0.3, -0.25) is 0 Å². The molecule has 1 aromatic carbocycles. The van der Waals surface area contributed by atoms with Crippen LogP contribution in [-0.2, 0) is 0 Å². The maximum atomic E-state index is 7.26. The maximum Gasteiger partial charge on any atom is 0.181 e. The molecule has 0 saturated heterocycles. The molecule has 2 rings (SSSR count). The van der Waals surface area contributed by atoms with Crippen molar-refractivity contribution in [3.05, 3.63) is 29.3 Å². The number of hydrogen-bond acceptors (Lipinski definition) is 4. The maximum absolute atomic E-state index is 7.26. The summed E-state index contributed by atoms with van der Waals surface area (Å²) >= 11 is 1.74. The predicted molar refractivity (Wildman–Crippen MR) is 55.6 cm³/mol. The smallest absolute Gasteiger partial charge is 0.181 e. The van der Waals surface area contributed by atoms with Gasteiger partial charge in [-0.05, 0) is 19.1 Å². The Hall–Kier alpha value is -1.91. The van der Waals surface area contributed by atoms with E-state index < -0.39 is 0 Å². The molecule has 0 aliphatic rings. The molecule has 14 heavy (non-hydrogen) atoms. The Morgan fingerprint density at radius 3 is 2.43 bits per heavy atom. The first kappa shape index (κ1) is 10.2. The summed E-state index contributed by atoms with van der Waals surface area (Å²) < 4.78 is 1.28. The van der Waals surface area contributed by atoms with Crippen molar-refractivity contribution in [2.45, 2.75) is 6.92 Å². The number of thiazole rings is 1. The fourth-order valence-electron chi connectivity index (χ4n) is 0.987. The molecule has 0 aliphatic heterocycles. The third-order valence-electron chi connectivity index (χ3n) is 1.45. The zero-order valence-electron chi connectivity index (χ0n) is 7.56. The lowest BCUT2D eigenvalue weighted by Gasteiger charge is -1.80. The lowest BCUT2D eigenvalue weighted by Crippen LogP contribution is -1.65. The predicted octanol–water partition coefficient (Wildman–Crippen LogP) is 2.64. The molecule has 3 nitrogen and oxygen atoms in total. The molecule has 0 aliphatic carbocycles. The Kier molecular flexibility index (Phi) is 3.60. The van der Waals surface area contributed by atoms with Crippen LogP contribution < -0.4 is 0 Å². The van der Waals surface area contributed by atoms with Gasteiger partial charge in [-0.2, -0.15) is 10.5 Å². The number of nitriles is 2. The van der Waals surface area contributed by atoms with Crippen molar-refractivity contribution < 1.29 is 0 Å². The van der Waals surface area contributed by atoms with Crippen molar-refractivity contribution in [2.24, 2.45) is 0 Å². The quantitative estimate of drug-likeness (QED) is 0.658. The van der Waals surface area contributed by atoms with Crippen LogP contribution in [0.25, 0.3) is 10.2 Å². The van der Waals surface area contributed by atoms with Crippen LogP contribution in [-0.4, -0.2) is 4.98 Å². The van der Waals surface area contributed by atoms with Crippen LogP contribution >= 0.6 is 11.3 Å². The first-order chi connectivity index (χ1) is 6.77. The van der Waals surface area contributed by atoms with E-state index >= 15 is 0 Å². The van der Waals surface area contributed by atoms with Crippen LogP contribution in [0.4, 0.5) is 0 Å². The molecule has 0 amide bonds. The van der Waals surface area contributed by atoms with E-state index in [1.807, 2.05) is 25.1 Å². The molecule has 2 aromatic rings. The summed E-state index contributed by atoms with van der Waals surface area (Å²) in [4.78, 5) is 4.33. The van der Waals surface area contributed by atoms with Gasteiger partial charge in [0.15, 0.2) is 12.1 Å². The van der Waals surface area contributed by atoms with Gasteiger partial charge in [0.2, 0.25) is 0 Å². The Labute approximate surface area is 85.9 Å². The fraction of sp³-hybridized carbons (Fsp3) is 0.100. The van der Waals surface area contributed by atoms with E-state index in [0.29, 0.717) is 0 Å². The monoisotopic (exact) mass is 201 g/mol. The number of fused-ring (bicyclic) bond motifs is 1. The summed E-state index contributed by atoms with van der Waals surface area (Å²) in [5, 5.41) is 15.7. The highest BCUT2D eigenvalue weighted by Crippen LogP contribution is 2.19. The molecule has 0 radical (unpaired) electrons. The topological polar surface area (TPSA) is 60.5 Å². The van der Waals surface area contributed by atoms with Gasteiger partial charge >= 0.3 is 0 Å². The van der Waals surface area contributed by atoms with E-state index in [2.05, 4.69) is 11.1 Å². The third kappa shape index (κ3) is 2.55. The molecule has 4 heteroatoms. The number of nitrogens with zero attached hydrogens (tertiary/aromatic N) is 3. The van der Waals surface area contributed by atoms with E-state index in [1.54, 1.807) is 11.3 Å². The Morgan fingerprint density at radius 2 is 1.86 bits per heavy atom. The average molecular weight is 201 g/mol. The highest BCUT2D eigenvalue weighted by molar-refractivity contribution is 7.18. The van der Waals surface area contributed by atoms with Crippen molar-refractivity contribution in [1.29, 1.82) is 10.5 Å². The summed E-state index contributed by atoms with van der Waals surface area (Å²) in [7, 11) is 0. The average Bonchev–Trinajstić information content (AvgIpc) is 2.58. The van der Waals surface area contributed by atoms with Crippen molar-refractivity contribution >= 4 is 21.6 Å². The number of hydrogen-bond donors (Lipinski definition) is 0. The van der Waals surface area contributed by atoms with Crippen molar-refractivity contribution in [3.8, 4) is 12.1 Å². The molecule has 1 aromatic heterocycles. The summed E-state index contributed by atoms with van der Waals surface area (Å²) in [5.74, 6) is 0. The number of aryl methyl sites for hydroxylation is 1. The highest BCUT2D eigenvalue weighted by Gasteiger charge is 1.95. The van der Waals surface area contributed by atoms with Gasteiger partial charge in [0.05, 0.1) is 15.2 Å². The molecule has 0 bridgehead atoms. The van der Waals surface area contributed by atoms with Gasteiger partial charge in [-0.1, -0.05) is 12.1 Å². The normalized spacial score (nSPS) is 8.21. The Morgan fingerprint density at radius 1 is 1.21 bits per heavy atom. The van der Waals surface area contributed by atoms with Crippen molar-refractivity contribution in [3.63, 3.8) is 0 Å². The van der Waals surface area contributed by atoms with Crippen LogP contribution in [0.3, 0.4) is 0 Å². The molecule has 68 valence electrons. The van der Waals surface area contributed by atoms with Crippen LogP contribution in [0.5, 0.6) is 0 Å². The minimum Gasteiger partial charge on any atom is -0.242 e. The second kappa shape index (κ2) is 4.96. The molecular formula is C10H7N3S. The standard InChI is InChI=1S/C8H7NS.C2N2/c1-6-9-7-4-2-3-5-8(7)10-6;3-1-2-4/h2-5H,1H3;. The molecule has 0 N–H and O–H groups in total. The second-order valence-electron chi connectivity index (χ2n) is 2.42. The molecular weight excluding hydrogens is 194 g/mol. The fourth-order valence-corrected chi connectivity index (χ4v) is 1.81. The molecule has 1 heterocycles. The number of rotatable bonds is 0. The van der Waals surface area contributed by atoms with E-state index in [9.17, 15) is 0 Å². The van der Waals surface area contributed by atoms with E-state index in [-0.39, 0.29) is 0 Å². The lowest BCUT2D eigenvalue weighted by atomic mass is 10.3. The van der Waals surface area contributed by atoms with Crippen molar-refractivity contribution in [2.75, 3.05) is 0 Å². The number of para-hydroxylation sites is 1. The minimum absolute atomic E-state index is 1.12. The molecule has 0 atom stereocenters. The summed E-state index contributed by atoms with van der Waals surface area (Å²) in [6.45, 7) is 2.03. The van der Waals surface area contributed by atoms with Gasteiger partial charge in [-0.25, -0.2) is 4.98 Å². The summed E-state index contributed by atoms with van der Waals surface area (Å²) in [6, 6.07) is 10.7. The zero-order chi connectivity index (χ0) is 10.4. The first-order valence-electron chi connectivity index (χ1n) is 3.88. The Balaban J connectivity index is 0.000000213. The van der Waals surface area contributed by atoms with Gasteiger partial charge < -0.3 is 0 Å². The van der Waals surface area contributed by atoms with E-state index in [0.717, 1.165) is 10.5 Å². The van der Waals surface area contributed by atoms with Crippen LogP contribution in [0.2, 0.25) is 0 Å². The van der Waals surface area contributed by atoms with Gasteiger partial charge in [-0.15, -0.1) is 11.3 Å². The first-order valence-corrected chi connectivity index (χ1v) is 4.70. The zero-order valence-corrected chi connectivity index (χ0v) is 8.38. The van der Waals surface area contributed by atoms with Crippen molar-refractivity contribution in [1.82, 2.24) is 4.98 Å². The van der Waals surface area contributed by atoms with Gasteiger partial charge in [0.25, 0.3) is 0 Å². The lowest BCUT2D eigenvalue weighted by molar-refractivity contribution is 1.35. The highest BCUT2D eigenvalue weighted by atomic mass is 32.1. The van der Waals surface area contributed by atoms with Gasteiger partial charge in [0, 0.05) is 0 Å². The largest absolute Gasteiger partial charge is 0.242 e.